The van der Waals surface area contributed by atoms with Crippen LogP contribution in [0.2, 0.25) is 0 Å². The quantitative estimate of drug-likeness (QED) is 0.437. The SMILES string of the molecule is CCOc1cc(C=NNC(=O)[C@@H]2C(=O)NC[C@H]2c2ccccc2)ccc1OC. The van der Waals surface area contributed by atoms with Gasteiger partial charge in [0, 0.05) is 12.5 Å². The number of hydrogen-bond acceptors (Lipinski definition) is 5. The summed E-state index contributed by atoms with van der Waals surface area (Å²) in [4.78, 5) is 24.7. The molecule has 3 rings (SSSR count). The lowest BCUT2D eigenvalue weighted by Crippen LogP contribution is -2.34. The molecular formula is C21H23N3O4. The van der Waals surface area contributed by atoms with Gasteiger partial charge >= 0.3 is 0 Å². The predicted octanol–water partition coefficient (Wildman–Crippen LogP) is 2.07. The Hall–Kier alpha value is -3.35. The Labute approximate surface area is 163 Å². The number of carbonyl (C=O) groups is 2. The smallest absolute Gasteiger partial charge is 0.253 e. The van der Waals surface area contributed by atoms with E-state index in [1.54, 1.807) is 25.3 Å². The van der Waals surface area contributed by atoms with Gasteiger partial charge in [-0.25, -0.2) is 5.43 Å². The van der Waals surface area contributed by atoms with E-state index in [2.05, 4.69) is 15.8 Å². The summed E-state index contributed by atoms with van der Waals surface area (Å²) in [7, 11) is 1.57. The van der Waals surface area contributed by atoms with Crippen molar-refractivity contribution in [2.75, 3.05) is 20.3 Å². The molecule has 0 bridgehead atoms. The van der Waals surface area contributed by atoms with E-state index in [0.717, 1.165) is 11.1 Å². The van der Waals surface area contributed by atoms with E-state index in [0.29, 0.717) is 24.7 Å². The predicted molar refractivity (Wildman–Crippen MR) is 106 cm³/mol. The molecule has 1 aliphatic rings. The summed E-state index contributed by atoms with van der Waals surface area (Å²) >= 11 is 0. The summed E-state index contributed by atoms with van der Waals surface area (Å²) in [5.41, 5.74) is 4.16. The average molecular weight is 381 g/mol. The number of nitrogens with zero attached hydrogens (tertiary/aromatic N) is 1. The number of benzene rings is 2. The molecule has 0 spiro atoms. The fraction of sp³-hybridized carbons (Fsp3) is 0.286. The third-order valence-corrected chi connectivity index (χ3v) is 4.57. The van der Waals surface area contributed by atoms with Crippen LogP contribution in [0.4, 0.5) is 0 Å². The molecule has 0 unspecified atom stereocenters. The van der Waals surface area contributed by atoms with Crippen LogP contribution < -0.4 is 20.2 Å². The first-order valence-electron chi connectivity index (χ1n) is 9.10. The third-order valence-electron chi connectivity index (χ3n) is 4.57. The number of amides is 2. The van der Waals surface area contributed by atoms with E-state index >= 15 is 0 Å². The normalized spacial score (nSPS) is 18.7. The van der Waals surface area contributed by atoms with Gasteiger partial charge in [0.15, 0.2) is 11.5 Å². The molecule has 1 saturated heterocycles. The van der Waals surface area contributed by atoms with Gasteiger partial charge in [-0.15, -0.1) is 0 Å². The van der Waals surface area contributed by atoms with Gasteiger partial charge in [-0.05, 0) is 36.2 Å². The summed E-state index contributed by atoms with van der Waals surface area (Å²) in [6.45, 7) is 2.82. The first-order valence-corrected chi connectivity index (χ1v) is 9.10. The minimum Gasteiger partial charge on any atom is -0.493 e. The summed E-state index contributed by atoms with van der Waals surface area (Å²) in [6.07, 6.45) is 1.50. The molecule has 0 saturated carbocycles. The molecule has 2 atom stereocenters. The van der Waals surface area contributed by atoms with E-state index in [1.807, 2.05) is 37.3 Å². The zero-order valence-corrected chi connectivity index (χ0v) is 15.8. The fourth-order valence-corrected chi connectivity index (χ4v) is 3.22. The van der Waals surface area contributed by atoms with Crippen LogP contribution in [-0.4, -0.2) is 38.3 Å². The number of rotatable bonds is 7. The van der Waals surface area contributed by atoms with Crippen molar-refractivity contribution in [2.24, 2.45) is 11.0 Å². The molecule has 1 aliphatic heterocycles. The van der Waals surface area contributed by atoms with E-state index < -0.39 is 11.8 Å². The van der Waals surface area contributed by atoms with Crippen LogP contribution >= 0.6 is 0 Å². The third kappa shape index (κ3) is 4.31. The Bertz CT molecular complexity index is 867. The van der Waals surface area contributed by atoms with Crippen molar-refractivity contribution in [3.05, 3.63) is 59.7 Å². The second-order valence-corrected chi connectivity index (χ2v) is 6.32. The molecule has 2 aromatic rings. The topological polar surface area (TPSA) is 89.0 Å². The molecule has 7 nitrogen and oxygen atoms in total. The van der Waals surface area contributed by atoms with Crippen LogP contribution in [0.25, 0.3) is 0 Å². The number of carbonyl (C=O) groups excluding carboxylic acids is 2. The Kier molecular flexibility index (Phi) is 6.26. The van der Waals surface area contributed by atoms with Crippen molar-refractivity contribution < 1.29 is 19.1 Å². The lowest BCUT2D eigenvalue weighted by Gasteiger charge is -2.15. The van der Waals surface area contributed by atoms with E-state index in [9.17, 15) is 9.59 Å². The number of hydrazone groups is 1. The lowest BCUT2D eigenvalue weighted by molar-refractivity contribution is -0.133. The van der Waals surface area contributed by atoms with Crippen molar-refractivity contribution in [1.29, 1.82) is 0 Å². The Morgan fingerprint density at radius 1 is 1.25 bits per heavy atom. The minimum absolute atomic E-state index is 0.213. The zero-order valence-electron chi connectivity index (χ0n) is 15.8. The van der Waals surface area contributed by atoms with E-state index in [1.165, 1.54) is 6.21 Å². The molecule has 7 heteroatoms. The lowest BCUT2D eigenvalue weighted by atomic mass is 9.88. The van der Waals surface area contributed by atoms with Crippen molar-refractivity contribution in [3.8, 4) is 11.5 Å². The van der Waals surface area contributed by atoms with Crippen molar-refractivity contribution >= 4 is 18.0 Å². The van der Waals surface area contributed by atoms with Gasteiger partial charge in [0.25, 0.3) is 5.91 Å². The summed E-state index contributed by atoms with van der Waals surface area (Å²) in [6, 6.07) is 14.9. The molecule has 0 radical (unpaired) electrons. The molecule has 2 N–H and O–H groups in total. The van der Waals surface area contributed by atoms with Gasteiger partial charge in [0.05, 0.1) is 19.9 Å². The van der Waals surface area contributed by atoms with Gasteiger partial charge in [-0.3, -0.25) is 9.59 Å². The maximum absolute atomic E-state index is 12.6. The van der Waals surface area contributed by atoms with Gasteiger partial charge in [-0.1, -0.05) is 30.3 Å². The molecule has 0 aromatic heterocycles. The maximum atomic E-state index is 12.6. The van der Waals surface area contributed by atoms with Gasteiger partial charge in [-0.2, -0.15) is 5.10 Å². The van der Waals surface area contributed by atoms with Crippen LogP contribution in [0.3, 0.4) is 0 Å². The minimum atomic E-state index is -0.811. The van der Waals surface area contributed by atoms with Crippen LogP contribution in [0, 0.1) is 5.92 Å². The fourth-order valence-electron chi connectivity index (χ4n) is 3.22. The Balaban J connectivity index is 1.69. The van der Waals surface area contributed by atoms with Gasteiger partial charge in [0.1, 0.15) is 5.92 Å². The highest BCUT2D eigenvalue weighted by molar-refractivity contribution is 6.03. The van der Waals surface area contributed by atoms with E-state index in [-0.39, 0.29) is 11.8 Å². The largest absolute Gasteiger partial charge is 0.493 e. The summed E-state index contributed by atoms with van der Waals surface area (Å²) < 4.78 is 10.8. The maximum Gasteiger partial charge on any atom is 0.253 e. The van der Waals surface area contributed by atoms with Crippen LogP contribution in [-0.2, 0) is 9.59 Å². The molecule has 28 heavy (non-hydrogen) atoms. The molecule has 2 aromatic carbocycles. The zero-order chi connectivity index (χ0) is 19.9. The van der Waals surface area contributed by atoms with Crippen molar-refractivity contribution in [3.63, 3.8) is 0 Å². The second-order valence-electron chi connectivity index (χ2n) is 6.32. The van der Waals surface area contributed by atoms with Crippen LogP contribution in [0.5, 0.6) is 11.5 Å². The van der Waals surface area contributed by atoms with Crippen molar-refractivity contribution in [2.45, 2.75) is 12.8 Å². The molecule has 146 valence electrons. The Morgan fingerprint density at radius 2 is 2.04 bits per heavy atom. The molecule has 1 fully saturated rings. The molecule has 0 aliphatic carbocycles. The van der Waals surface area contributed by atoms with Crippen LogP contribution in [0.1, 0.15) is 24.0 Å². The van der Waals surface area contributed by atoms with Crippen LogP contribution in [0.15, 0.2) is 53.6 Å². The number of ether oxygens (including phenoxy) is 2. The highest BCUT2D eigenvalue weighted by Gasteiger charge is 2.40. The molecule has 2 amide bonds. The van der Waals surface area contributed by atoms with Crippen molar-refractivity contribution in [1.82, 2.24) is 10.7 Å². The number of nitrogens with one attached hydrogen (secondary N) is 2. The number of methoxy groups -OCH3 is 1. The highest BCUT2D eigenvalue weighted by atomic mass is 16.5. The van der Waals surface area contributed by atoms with E-state index in [4.69, 9.17) is 9.47 Å². The Morgan fingerprint density at radius 3 is 2.75 bits per heavy atom. The van der Waals surface area contributed by atoms with Gasteiger partial charge < -0.3 is 14.8 Å². The summed E-state index contributed by atoms with van der Waals surface area (Å²) in [5, 5.41) is 6.76. The molecule has 1 heterocycles. The molecular weight excluding hydrogens is 358 g/mol. The first kappa shape index (κ1) is 19.4. The average Bonchev–Trinajstić information content (AvgIpc) is 3.10. The second kappa shape index (κ2) is 9.03. The monoisotopic (exact) mass is 381 g/mol. The number of hydrogen-bond donors (Lipinski definition) is 2. The highest BCUT2D eigenvalue weighted by Crippen LogP contribution is 2.29. The summed E-state index contributed by atoms with van der Waals surface area (Å²) in [5.74, 6) is -0.525. The standard InChI is InChI=1S/C21H23N3O4/c1-3-28-18-11-14(9-10-17(18)27-2)12-23-24-21(26)19-16(13-22-20(19)25)15-7-5-4-6-8-15/h4-12,16,19H,3,13H2,1-2H3,(H,22,25)(H,24,26)/t16-,19-/m0/s1. The van der Waals surface area contributed by atoms with Gasteiger partial charge in [0.2, 0.25) is 5.91 Å². The first-order chi connectivity index (χ1) is 13.6.